The first-order valence-corrected chi connectivity index (χ1v) is 5.76. The monoisotopic (exact) mass is 236 g/mol. The number of anilines is 1. The van der Waals surface area contributed by atoms with Crippen molar-refractivity contribution >= 4 is 11.6 Å². The predicted octanol–water partition coefficient (Wildman–Crippen LogP) is 2.18. The Kier molecular flexibility index (Phi) is 4.37. The lowest BCUT2D eigenvalue weighted by Gasteiger charge is -2.17. The summed E-state index contributed by atoms with van der Waals surface area (Å²) in [6, 6.07) is 4.98. The summed E-state index contributed by atoms with van der Waals surface area (Å²) in [5, 5.41) is 0. The van der Waals surface area contributed by atoms with Crippen LogP contribution in [0.1, 0.15) is 37.6 Å². The molecule has 0 heterocycles. The van der Waals surface area contributed by atoms with Gasteiger partial charge in [0, 0.05) is 5.69 Å². The van der Waals surface area contributed by atoms with E-state index in [2.05, 4.69) is 13.8 Å². The summed E-state index contributed by atoms with van der Waals surface area (Å²) in [7, 11) is 0. The van der Waals surface area contributed by atoms with Gasteiger partial charge < -0.3 is 16.2 Å². The Bertz CT molecular complexity index is 402. The molecule has 1 rings (SSSR count). The van der Waals surface area contributed by atoms with Crippen molar-refractivity contribution < 1.29 is 9.53 Å². The lowest BCUT2D eigenvalue weighted by Crippen LogP contribution is -2.16. The summed E-state index contributed by atoms with van der Waals surface area (Å²) in [6.07, 6.45) is 1.05. The molecule has 17 heavy (non-hydrogen) atoms. The molecular formula is C13H20N2O2. The predicted molar refractivity (Wildman–Crippen MR) is 68.9 cm³/mol. The maximum atomic E-state index is 11.1. The highest BCUT2D eigenvalue weighted by Gasteiger charge is 2.10. The highest BCUT2D eigenvalue weighted by Crippen LogP contribution is 2.21. The Morgan fingerprint density at radius 3 is 2.53 bits per heavy atom. The summed E-state index contributed by atoms with van der Waals surface area (Å²) < 4.78 is 5.71. The zero-order valence-electron chi connectivity index (χ0n) is 10.6. The third-order valence-electron chi connectivity index (χ3n) is 2.43. The van der Waals surface area contributed by atoms with Crippen LogP contribution < -0.4 is 16.2 Å². The minimum atomic E-state index is -0.538. The summed E-state index contributed by atoms with van der Waals surface area (Å²) in [4.78, 5) is 11.1. The van der Waals surface area contributed by atoms with E-state index in [1.807, 2.05) is 6.92 Å². The zero-order chi connectivity index (χ0) is 13.0. The van der Waals surface area contributed by atoms with Crippen LogP contribution in [0, 0.1) is 5.92 Å². The fraction of sp³-hybridized carbons (Fsp3) is 0.462. The Morgan fingerprint density at radius 2 is 2.00 bits per heavy atom. The third-order valence-corrected chi connectivity index (χ3v) is 2.43. The molecule has 0 saturated carbocycles. The van der Waals surface area contributed by atoms with Gasteiger partial charge in [-0.15, -0.1) is 0 Å². The van der Waals surface area contributed by atoms with Crippen LogP contribution in [-0.4, -0.2) is 12.0 Å². The molecular weight excluding hydrogens is 216 g/mol. The third kappa shape index (κ3) is 3.98. The lowest BCUT2D eigenvalue weighted by molar-refractivity contribution is 0.1000. The number of rotatable bonds is 5. The number of hydrogen-bond acceptors (Lipinski definition) is 3. The van der Waals surface area contributed by atoms with Crippen LogP contribution in [0.2, 0.25) is 0 Å². The van der Waals surface area contributed by atoms with Crippen molar-refractivity contribution in [3.8, 4) is 5.75 Å². The largest absolute Gasteiger partial charge is 0.491 e. The second kappa shape index (κ2) is 5.57. The van der Waals surface area contributed by atoms with E-state index in [1.165, 1.54) is 0 Å². The highest BCUT2D eigenvalue weighted by molar-refractivity contribution is 5.98. The van der Waals surface area contributed by atoms with Gasteiger partial charge in [0.1, 0.15) is 5.75 Å². The molecule has 0 aliphatic carbocycles. The van der Waals surface area contributed by atoms with Gasteiger partial charge in [-0.1, -0.05) is 13.8 Å². The molecule has 1 aromatic carbocycles. The van der Waals surface area contributed by atoms with Crippen LogP contribution in [0.4, 0.5) is 5.69 Å². The van der Waals surface area contributed by atoms with E-state index < -0.39 is 5.91 Å². The lowest BCUT2D eigenvalue weighted by atomic mass is 10.1. The smallest absolute Gasteiger partial charge is 0.250 e. The van der Waals surface area contributed by atoms with Crippen molar-refractivity contribution in [1.82, 2.24) is 0 Å². The van der Waals surface area contributed by atoms with Crippen molar-refractivity contribution in [2.75, 3.05) is 5.73 Å². The molecule has 4 heteroatoms. The van der Waals surface area contributed by atoms with E-state index in [4.69, 9.17) is 16.2 Å². The van der Waals surface area contributed by atoms with Crippen LogP contribution in [-0.2, 0) is 0 Å². The molecule has 1 atom stereocenters. The number of nitrogen functional groups attached to an aromatic ring is 1. The molecule has 1 aromatic rings. The van der Waals surface area contributed by atoms with E-state index in [1.54, 1.807) is 18.2 Å². The van der Waals surface area contributed by atoms with E-state index in [0.29, 0.717) is 22.9 Å². The zero-order valence-corrected chi connectivity index (χ0v) is 10.6. The number of benzene rings is 1. The van der Waals surface area contributed by atoms with Crippen molar-refractivity contribution in [1.29, 1.82) is 0 Å². The van der Waals surface area contributed by atoms with Crippen molar-refractivity contribution in [3.05, 3.63) is 23.8 Å². The standard InChI is InChI=1S/C13H20N2O2/c1-8(2)6-9(3)17-10-4-5-12(14)11(7-10)13(15)16/h4-5,7-9H,6,14H2,1-3H3,(H2,15,16). The minimum absolute atomic E-state index is 0.0966. The first kappa shape index (κ1) is 13.4. The molecule has 1 unspecified atom stereocenters. The van der Waals surface area contributed by atoms with Gasteiger partial charge in [0.05, 0.1) is 11.7 Å². The van der Waals surface area contributed by atoms with Crippen LogP contribution in [0.3, 0.4) is 0 Å². The number of carbonyl (C=O) groups is 1. The fourth-order valence-corrected chi connectivity index (χ4v) is 1.77. The number of primary amides is 1. The minimum Gasteiger partial charge on any atom is -0.491 e. The first-order valence-electron chi connectivity index (χ1n) is 5.76. The molecule has 4 nitrogen and oxygen atoms in total. The van der Waals surface area contributed by atoms with E-state index >= 15 is 0 Å². The summed E-state index contributed by atoms with van der Waals surface area (Å²) in [6.45, 7) is 6.27. The van der Waals surface area contributed by atoms with Crippen molar-refractivity contribution in [3.63, 3.8) is 0 Å². The quantitative estimate of drug-likeness (QED) is 0.769. The van der Waals surface area contributed by atoms with Gasteiger partial charge in [-0.3, -0.25) is 4.79 Å². The number of amides is 1. The Hall–Kier alpha value is -1.71. The summed E-state index contributed by atoms with van der Waals surface area (Å²) >= 11 is 0. The number of hydrogen-bond donors (Lipinski definition) is 2. The molecule has 0 aliphatic heterocycles. The molecule has 0 aromatic heterocycles. The van der Waals surface area contributed by atoms with E-state index in [0.717, 1.165) is 6.42 Å². The Labute approximate surface area is 102 Å². The Balaban J connectivity index is 2.79. The van der Waals surface area contributed by atoms with Gasteiger partial charge in [-0.2, -0.15) is 0 Å². The normalized spacial score (nSPS) is 12.5. The highest BCUT2D eigenvalue weighted by atomic mass is 16.5. The molecule has 0 saturated heterocycles. The van der Waals surface area contributed by atoms with Crippen LogP contribution in [0.25, 0.3) is 0 Å². The second-order valence-electron chi connectivity index (χ2n) is 4.67. The van der Waals surface area contributed by atoms with Crippen molar-refractivity contribution in [2.45, 2.75) is 33.3 Å². The average Bonchev–Trinajstić information content (AvgIpc) is 2.19. The fourth-order valence-electron chi connectivity index (χ4n) is 1.77. The molecule has 0 aliphatic rings. The molecule has 1 amide bonds. The van der Waals surface area contributed by atoms with Crippen LogP contribution in [0.15, 0.2) is 18.2 Å². The van der Waals surface area contributed by atoms with Gasteiger partial charge in [0.15, 0.2) is 0 Å². The van der Waals surface area contributed by atoms with Gasteiger partial charge in [0.2, 0.25) is 0 Å². The number of carbonyl (C=O) groups excluding carboxylic acids is 1. The topological polar surface area (TPSA) is 78.3 Å². The number of nitrogens with two attached hydrogens (primary N) is 2. The molecule has 0 bridgehead atoms. The van der Waals surface area contributed by atoms with Crippen LogP contribution in [0.5, 0.6) is 5.75 Å². The molecule has 0 fully saturated rings. The van der Waals surface area contributed by atoms with Crippen molar-refractivity contribution in [2.24, 2.45) is 11.7 Å². The maximum Gasteiger partial charge on any atom is 0.250 e. The summed E-state index contributed by atoms with van der Waals surface area (Å²) in [5.74, 6) is 0.653. The maximum absolute atomic E-state index is 11.1. The van der Waals surface area contributed by atoms with E-state index in [-0.39, 0.29) is 6.10 Å². The van der Waals surface area contributed by atoms with Crippen LogP contribution >= 0.6 is 0 Å². The van der Waals surface area contributed by atoms with E-state index in [9.17, 15) is 4.79 Å². The molecule has 4 N–H and O–H groups in total. The average molecular weight is 236 g/mol. The molecule has 94 valence electrons. The SMILES string of the molecule is CC(C)CC(C)Oc1ccc(N)c(C(N)=O)c1. The first-order chi connectivity index (χ1) is 7.90. The van der Waals surface area contributed by atoms with Gasteiger partial charge in [-0.05, 0) is 37.5 Å². The van der Waals surface area contributed by atoms with Gasteiger partial charge in [-0.25, -0.2) is 0 Å². The molecule has 0 spiro atoms. The second-order valence-corrected chi connectivity index (χ2v) is 4.67. The van der Waals surface area contributed by atoms with Gasteiger partial charge >= 0.3 is 0 Å². The molecule has 0 radical (unpaired) electrons. The Morgan fingerprint density at radius 1 is 1.35 bits per heavy atom. The number of ether oxygens (including phenoxy) is 1. The van der Waals surface area contributed by atoms with Gasteiger partial charge in [0.25, 0.3) is 5.91 Å². The summed E-state index contributed by atoms with van der Waals surface area (Å²) in [5.41, 5.74) is 11.5.